The van der Waals surface area contributed by atoms with Gasteiger partial charge in [0.2, 0.25) is 15.9 Å². The first-order valence-electron chi connectivity index (χ1n) is 10.5. The summed E-state index contributed by atoms with van der Waals surface area (Å²) in [6.45, 7) is 2.40. The van der Waals surface area contributed by atoms with Gasteiger partial charge in [0.05, 0.1) is 26.5 Å². The maximum atomic E-state index is 13.3. The Hall–Kier alpha value is -3.02. The van der Waals surface area contributed by atoms with E-state index in [9.17, 15) is 18.0 Å². The number of hydrogen-bond acceptors (Lipinski definition) is 7. The summed E-state index contributed by atoms with van der Waals surface area (Å²) in [6, 6.07) is 10.3. The molecule has 1 saturated heterocycles. The van der Waals surface area contributed by atoms with Crippen LogP contribution in [-0.4, -0.2) is 41.3 Å². The molecule has 0 bridgehead atoms. The lowest BCUT2D eigenvalue weighted by Gasteiger charge is -2.31. The number of aromatic nitrogens is 2. The molecule has 0 aliphatic carbocycles. The molecule has 1 aliphatic heterocycles. The summed E-state index contributed by atoms with van der Waals surface area (Å²) in [5, 5.41) is 3.36. The normalized spacial score (nSPS) is 17.6. The van der Waals surface area contributed by atoms with Crippen molar-refractivity contribution >= 4 is 53.7 Å². The van der Waals surface area contributed by atoms with E-state index >= 15 is 0 Å². The summed E-state index contributed by atoms with van der Waals surface area (Å²) in [4.78, 5) is 29.1. The number of carbonyl (C=O) groups excluding carboxylic acids is 1. The van der Waals surface area contributed by atoms with Crippen molar-refractivity contribution in [1.82, 2.24) is 13.9 Å². The quantitative estimate of drug-likeness (QED) is 0.474. The van der Waals surface area contributed by atoms with Gasteiger partial charge in [0, 0.05) is 26.2 Å². The average Bonchev–Trinajstić information content (AvgIpc) is 3.32. The first-order valence-corrected chi connectivity index (χ1v) is 12.8. The molecular formula is C22H22N4O5S2. The summed E-state index contributed by atoms with van der Waals surface area (Å²) in [5.41, 5.74) is 2.66. The molecule has 1 atom stereocenters. The summed E-state index contributed by atoms with van der Waals surface area (Å²) in [7, 11) is -2.29. The Morgan fingerprint density at radius 2 is 2.06 bits per heavy atom. The third-order valence-electron chi connectivity index (χ3n) is 5.93. The van der Waals surface area contributed by atoms with Gasteiger partial charge in [-0.3, -0.25) is 9.36 Å². The zero-order valence-corrected chi connectivity index (χ0v) is 19.7. The van der Waals surface area contributed by atoms with E-state index < -0.39 is 21.7 Å². The highest BCUT2D eigenvalue weighted by Crippen LogP contribution is 2.29. The molecule has 1 amide bonds. The van der Waals surface area contributed by atoms with Crippen LogP contribution < -0.4 is 11.1 Å². The minimum atomic E-state index is -3.85. The lowest BCUT2D eigenvalue weighted by molar-refractivity contribution is -0.120. The van der Waals surface area contributed by atoms with Crippen LogP contribution in [0.3, 0.4) is 0 Å². The Bertz CT molecular complexity index is 1550. The second kappa shape index (κ2) is 8.08. The molecule has 0 radical (unpaired) electrons. The Balaban J connectivity index is 1.34. The number of benzene rings is 2. The molecule has 33 heavy (non-hydrogen) atoms. The topological polar surface area (TPSA) is 115 Å². The zero-order valence-electron chi connectivity index (χ0n) is 18.1. The fourth-order valence-electron chi connectivity index (χ4n) is 4.09. The van der Waals surface area contributed by atoms with E-state index in [1.165, 1.54) is 32.3 Å². The van der Waals surface area contributed by atoms with Crippen LogP contribution in [0.2, 0.25) is 0 Å². The van der Waals surface area contributed by atoms with E-state index in [0.29, 0.717) is 30.0 Å². The molecule has 0 saturated carbocycles. The maximum absolute atomic E-state index is 13.3. The van der Waals surface area contributed by atoms with E-state index in [4.69, 9.17) is 4.42 Å². The van der Waals surface area contributed by atoms with Gasteiger partial charge in [-0.05, 0) is 49.6 Å². The molecule has 0 unspecified atom stereocenters. The van der Waals surface area contributed by atoms with Gasteiger partial charge in [0.15, 0.2) is 10.7 Å². The number of rotatable bonds is 4. The number of nitrogens with one attached hydrogen (secondary N) is 1. The van der Waals surface area contributed by atoms with Crippen LogP contribution in [0.5, 0.6) is 0 Å². The van der Waals surface area contributed by atoms with Gasteiger partial charge in [-0.1, -0.05) is 17.4 Å². The number of hydrogen-bond donors (Lipinski definition) is 1. The monoisotopic (exact) mass is 486 g/mol. The first kappa shape index (κ1) is 21.8. The van der Waals surface area contributed by atoms with Crippen molar-refractivity contribution in [1.29, 1.82) is 0 Å². The number of oxazole rings is 1. The van der Waals surface area contributed by atoms with E-state index in [2.05, 4.69) is 10.3 Å². The third-order valence-corrected chi connectivity index (χ3v) is 8.73. The molecule has 172 valence electrons. The summed E-state index contributed by atoms with van der Waals surface area (Å²) in [6.07, 6.45) is 1.16. The Morgan fingerprint density at radius 1 is 1.24 bits per heavy atom. The molecule has 4 aromatic rings. The summed E-state index contributed by atoms with van der Waals surface area (Å²) >= 11 is 1.40. The molecule has 1 aliphatic rings. The largest absolute Gasteiger partial charge is 0.419 e. The minimum absolute atomic E-state index is 0.0342. The Labute approximate surface area is 193 Å². The van der Waals surface area contributed by atoms with Crippen molar-refractivity contribution in [3.63, 3.8) is 0 Å². The van der Waals surface area contributed by atoms with E-state index in [0.717, 1.165) is 15.8 Å². The second-order valence-electron chi connectivity index (χ2n) is 8.24. The van der Waals surface area contributed by atoms with Gasteiger partial charge in [-0.25, -0.2) is 18.2 Å². The SMILES string of the molecule is Cc1ccc2nc(NC(=O)[C@@H]3CCCN(S(=O)(=O)c4ccc5c(c4)oc(=O)n5C)C3)sc2c1. The number of thiazole rings is 1. The lowest BCUT2D eigenvalue weighted by atomic mass is 9.99. The third kappa shape index (κ3) is 3.96. The lowest BCUT2D eigenvalue weighted by Crippen LogP contribution is -2.43. The van der Waals surface area contributed by atoms with E-state index in [1.54, 1.807) is 13.1 Å². The van der Waals surface area contributed by atoms with Crippen molar-refractivity contribution in [2.75, 3.05) is 18.4 Å². The zero-order chi connectivity index (χ0) is 23.3. The standard InChI is InChI=1S/C22H22N4O5S2/c1-13-5-7-16-19(10-13)32-21(23-16)24-20(27)14-4-3-9-26(12-14)33(29,30)15-6-8-17-18(11-15)31-22(28)25(17)2/h5-8,10-11,14H,3-4,9,12H2,1-2H3,(H,23,24,27)/t14-/m1/s1. The van der Waals surface area contributed by atoms with Gasteiger partial charge in [-0.15, -0.1) is 0 Å². The fourth-order valence-corrected chi connectivity index (χ4v) is 6.60. The van der Waals surface area contributed by atoms with Crippen molar-refractivity contribution in [3.8, 4) is 0 Å². The Kier molecular flexibility index (Phi) is 5.34. The number of sulfonamides is 1. The number of fused-ring (bicyclic) bond motifs is 2. The molecule has 2 aromatic carbocycles. The maximum Gasteiger partial charge on any atom is 0.419 e. The summed E-state index contributed by atoms with van der Waals surface area (Å²) in [5.74, 6) is -1.28. The second-order valence-corrected chi connectivity index (χ2v) is 11.2. The van der Waals surface area contributed by atoms with Crippen LogP contribution in [0.1, 0.15) is 18.4 Å². The average molecular weight is 487 g/mol. The number of amides is 1. The predicted octanol–water partition coefficient (Wildman–Crippen LogP) is 3.09. The first-order chi connectivity index (χ1) is 15.7. The van der Waals surface area contributed by atoms with E-state index in [1.807, 2.05) is 25.1 Å². The predicted molar refractivity (Wildman–Crippen MR) is 126 cm³/mol. The van der Waals surface area contributed by atoms with Gasteiger partial charge >= 0.3 is 5.76 Å². The molecule has 0 spiro atoms. The van der Waals surface area contributed by atoms with Gasteiger partial charge in [0.25, 0.3) is 0 Å². The molecule has 5 rings (SSSR count). The van der Waals surface area contributed by atoms with Crippen LogP contribution in [0.25, 0.3) is 21.3 Å². The van der Waals surface area contributed by atoms with Crippen molar-refractivity contribution in [2.45, 2.75) is 24.7 Å². The van der Waals surface area contributed by atoms with Crippen LogP contribution in [0.4, 0.5) is 5.13 Å². The Morgan fingerprint density at radius 3 is 2.88 bits per heavy atom. The van der Waals surface area contributed by atoms with Crippen molar-refractivity contribution < 1.29 is 17.6 Å². The highest BCUT2D eigenvalue weighted by molar-refractivity contribution is 7.89. The number of nitrogens with zero attached hydrogens (tertiary/aromatic N) is 3. The van der Waals surface area contributed by atoms with Gasteiger partial charge in [-0.2, -0.15) is 4.31 Å². The highest BCUT2D eigenvalue weighted by atomic mass is 32.2. The number of aryl methyl sites for hydroxylation is 2. The molecule has 2 aromatic heterocycles. The van der Waals surface area contributed by atoms with Crippen LogP contribution in [0, 0.1) is 12.8 Å². The molecule has 1 fully saturated rings. The van der Waals surface area contributed by atoms with Crippen molar-refractivity contribution in [3.05, 3.63) is 52.5 Å². The molecular weight excluding hydrogens is 464 g/mol. The highest BCUT2D eigenvalue weighted by Gasteiger charge is 2.34. The molecule has 3 heterocycles. The fraction of sp³-hybridized carbons (Fsp3) is 0.318. The minimum Gasteiger partial charge on any atom is -0.408 e. The van der Waals surface area contributed by atoms with Gasteiger partial charge in [0.1, 0.15) is 0 Å². The number of carbonyl (C=O) groups is 1. The van der Waals surface area contributed by atoms with Crippen molar-refractivity contribution in [2.24, 2.45) is 13.0 Å². The summed E-state index contributed by atoms with van der Waals surface area (Å²) < 4.78 is 35.3. The number of piperidine rings is 1. The number of anilines is 1. The van der Waals surface area contributed by atoms with Crippen LogP contribution >= 0.6 is 11.3 Å². The molecule has 1 N–H and O–H groups in total. The molecule has 11 heteroatoms. The molecule has 9 nitrogen and oxygen atoms in total. The van der Waals surface area contributed by atoms with Crippen LogP contribution in [0.15, 0.2) is 50.5 Å². The van der Waals surface area contributed by atoms with Gasteiger partial charge < -0.3 is 9.73 Å². The van der Waals surface area contributed by atoms with E-state index in [-0.39, 0.29) is 22.9 Å². The van der Waals surface area contributed by atoms with Crippen LogP contribution in [-0.2, 0) is 21.9 Å². The smallest absolute Gasteiger partial charge is 0.408 e.